The molecular formula is C11H17BrN6. The van der Waals surface area contributed by atoms with Crippen molar-refractivity contribution >= 4 is 15.9 Å². The van der Waals surface area contributed by atoms with Crippen LogP contribution in [-0.4, -0.2) is 30.0 Å². The van der Waals surface area contributed by atoms with Crippen molar-refractivity contribution in [2.24, 2.45) is 0 Å². The fourth-order valence-electron chi connectivity index (χ4n) is 1.78. The molecule has 0 aromatic carbocycles. The molecule has 0 saturated carbocycles. The van der Waals surface area contributed by atoms with Crippen LogP contribution in [0.25, 0.3) is 0 Å². The summed E-state index contributed by atoms with van der Waals surface area (Å²) >= 11 is 3.52. The molecule has 98 valence electrons. The Morgan fingerprint density at radius 3 is 2.61 bits per heavy atom. The van der Waals surface area contributed by atoms with Crippen molar-refractivity contribution < 1.29 is 0 Å². The molecule has 0 atom stereocenters. The largest absolute Gasteiger partial charge is 0.261 e. The number of unbranched alkanes of at least 4 members (excludes halogenated alkanes) is 1. The fraction of sp³-hybridized carbons (Fsp3) is 0.636. The highest BCUT2D eigenvalue weighted by atomic mass is 79.9. The zero-order chi connectivity index (χ0) is 13.1. The van der Waals surface area contributed by atoms with Crippen LogP contribution >= 0.6 is 15.9 Å². The molecule has 18 heavy (non-hydrogen) atoms. The molecule has 0 bridgehead atoms. The highest BCUT2D eigenvalue weighted by Crippen LogP contribution is 2.20. The molecule has 6 nitrogen and oxygen atoms in total. The van der Waals surface area contributed by atoms with E-state index in [-0.39, 0.29) is 0 Å². The van der Waals surface area contributed by atoms with Gasteiger partial charge in [-0.1, -0.05) is 13.3 Å². The number of hydrogen-bond donors (Lipinski definition) is 0. The van der Waals surface area contributed by atoms with E-state index in [0.717, 1.165) is 41.1 Å². The van der Waals surface area contributed by atoms with Gasteiger partial charge in [0, 0.05) is 6.54 Å². The summed E-state index contributed by atoms with van der Waals surface area (Å²) in [5.41, 5.74) is 2.08. The molecule has 0 radical (unpaired) electrons. The summed E-state index contributed by atoms with van der Waals surface area (Å²) in [7, 11) is 0. The number of rotatable bonds is 5. The van der Waals surface area contributed by atoms with Crippen molar-refractivity contribution in [2.45, 2.75) is 46.7 Å². The number of tetrazole rings is 1. The van der Waals surface area contributed by atoms with Crippen LogP contribution in [0.5, 0.6) is 0 Å². The highest BCUT2D eigenvalue weighted by molar-refractivity contribution is 9.10. The molecule has 0 aliphatic carbocycles. The van der Waals surface area contributed by atoms with E-state index in [1.807, 2.05) is 23.2 Å². The summed E-state index contributed by atoms with van der Waals surface area (Å²) in [4.78, 5) is 0. The van der Waals surface area contributed by atoms with Crippen LogP contribution in [-0.2, 0) is 13.1 Å². The first-order valence-electron chi connectivity index (χ1n) is 6.08. The van der Waals surface area contributed by atoms with Gasteiger partial charge >= 0.3 is 0 Å². The standard InChI is InChI=1S/C11H17BrN6/c1-4-5-6-17-10(13-15-16-17)7-18-9(3)11(12)8(2)14-18/h4-7H2,1-3H3. The van der Waals surface area contributed by atoms with Gasteiger partial charge in [0.15, 0.2) is 5.82 Å². The Bertz CT molecular complexity index is 530. The maximum absolute atomic E-state index is 4.47. The predicted octanol–water partition coefficient (Wildman–Crippen LogP) is 2.10. The maximum atomic E-state index is 4.47. The average Bonchev–Trinajstić information content (AvgIpc) is 2.89. The Hall–Kier alpha value is -1.24. The van der Waals surface area contributed by atoms with Crippen molar-refractivity contribution in [3.8, 4) is 0 Å². The Labute approximate surface area is 115 Å². The molecule has 2 heterocycles. The molecule has 0 N–H and O–H groups in total. The first-order valence-corrected chi connectivity index (χ1v) is 6.87. The summed E-state index contributed by atoms with van der Waals surface area (Å²) < 4.78 is 4.83. The monoisotopic (exact) mass is 312 g/mol. The third kappa shape index (κ3) is 2.60. The molecule has 0 aliphatic rings. The van der Waals surface area contributed by atoms with Gasteiger partial charge in [-0.3, -0.25) is 4.68 Å². The summed E-state index contributed by atoms with van der Waals surface area (Å²) in [6.07, 6.45) is 2.21. The number of nitrogens with zero attached hydrogens (tertiary/aromatic N) is 6. The van der Waals surface area contributed by atoms with Gasteiger partial charge in [-0.05, 0) is 46.6 Å². The first-order chi connectivity index (χ1) is 8.63. The predicted molar refractivity (Wildman–Crippen MR) is 71.2 cm³/mol. The van der Waals surface area contributed by atoms with Crippen molar-refractivity contribution in [3.63, 3.8) is 0 Å². The van der Waals surface area contributed by atoms with Crippen LogP contribution in [0.1, 0.15) is 37.0 Å². The molecule has 7 heteroatoms. The van der Waals surface area contributed by atoms with Gasteiger partial charge in [0.25, 0.3) is 0 Å². The molecule has 2 aromatic rings. The van der Waals surface area contributed by atoms with Gasteiger partial charge < -0.3 is 0 Å². The van der Waals surface area contributed by atoms with E-state index in [0.29, 0.717) is 6.54 Å². The average molecular weight is 313 g/mol. The van der Waals surface area contributed by atoms with Gasteiger partial charge in [0.05, 0.1) is 15.9 Å². The van der Waals surface area contributed by atoms with Crippen LogP contribution in [0.4, 0.5) is 0 Å². The summed E-state index contributed by atoms with van der Waals surface area (Å²) in [5, 5.41) is 16.3. The normalized spacial score (nSPS) is 11.1. The molecule has 0 fully saturated rings. The van der Waals surface area contributed by atoms with Gasteiger partial charge in [-0.2, -0.15) is 5.10 Å². The quantitative estimate of drug-likeness (QED) is 0.848. The minimum Gasteiger partial charge on any atom is -0.261 e. The molecule has 0 unspecified atom stereocenters. The van der Waals surface area contributed by atoms with Crippen LogP contribution in [0.3, 0.4) is 0 Å². The van der Waals surface area contributed by atoms with Crippen molar-refractivity contribution in [1.29, 1.82) is 0 Å². The third-order valence-corrected chi connectivity index (χ3v) is 4.06. The number of halogens is 1. The van der Waals surface area contributed by atoms with E-state index in [1.54, 1.807) is 0 Å². The Kier molecular flexibility index (Phi) is 4.11. The topological polar surface area (TPSA) is 61.4 Å². The second kappa shape index (κ2) is 5.60. The van der Waals surface area contributed by atoms with Crippen molar-refractivity contribution in [2.75, 3.05) is 0 Å². The van der Waals surface area contributed by atoms with E-state index in [2.05, 4.69) is 43.5 Å². The Morgan fingerprint density at radius 1 is 1.22 bits per heavy atom. The number of aryl methyl sites for hydroxylation is 2. The van der Waals surface area contributed by atoms with E-state index in [1.165, 1.54) is 0 Å². The van der Waals surface area contributed by atoms with Gasteiger partial charge in [-0.15, -0.1) is 5.10 Å². The van der Waals surface area contributed by atoms with Gasteiger partial charge in [0.1, 0.15) is 6.54 Å². The lowest BCUT2D eigenvalue weighted by molar-refractivity contribution is 0.511. The molecule has 2 aromatic heterocycles. The lowest BCUT2D eigenvalue weighted by Gasteiger charge is -2.05. The lowest BCUT2D eigenvalue weighted by atomic mass is 10.3. The SMILES string of the molecule is CCCCn1nnnc1Cn1nc(C)c(Br)c1C. The minimum atomic E-state index is 0.606. The van der Waals surface area contributed by atoms with E-state index in [4.69, 9.17) is 0 Å². The van der Waals surface area contributed by atoms with Crippen LogP contribution in [0, 0.1) is 13.8 Å². The molecule has 2 rings (SSSR count). The maximum Gasteiger partial charge on any atom is 0.172 e. The smallest absolute Gasteiger partial charge is 0.172 e. The summed E-state index contributed by atoms with van der Waals surface area (Å²) in [6, 6.07) is 0. The molecular weight excluding hydrogens is 296 g/mol. The van der Waals surface area contributed by atoms with Crippen LogP contribution in [0.2, 0.25) is 0 Å². The second-order valence-corrected chi connectivity index (χ2v) is 5.11. The fourth-order valence-corrected chi connectivity index (χ4v) is 2.07. The second-order valence-electron chi connectivity index (χ2n) is 4.31. The minimum absolute atomic E-state index is 0.606. The lowest BCUT2D eigenvalue weighted by Crippen LogP contribution is -2.12. The number of hydrogen-bond acceptors (Lipinski definition) is 4. The van der Waals surface area contributed by atoms with Crippen molar-refractivity contribution in [1.82, 2.24) is 30.0 Å². The zero-order valence-electron chi connectivity index (χ0n) is 10.9. The first kappa shape index (κ1) is 13.2. The van der Waals surface area contributed by atoms with Gasteiger partial charge in [0.2, 0.25) is 0 Å². The molecule has 0 spiro atoms. The third-order valence-electron chi connectivity index (χ3n) is 2.91. The van der Waals surface area contributed by atoms with E-state index in [9.17, 15) is 0 Å². The Morgan fingerprint density at radius 2 is 2.00 bits per heavy atom. The molecule has 0 amide bonds. The van der Waals surface area contributed by atoms with Gasteiger partial charge in [-0.25, -0.2) is 4.68 Å². The Balaban J connectivity index is 2.18. The summed E-state index contributed by atoms with van der Waals surface area (Å²) in [6.45, 7) is 7.63. The molecule has 0 saturated heterocycles. The van der Waals surface area contributed by atoms with E-state index >= 15 is 0 Å². The number of aromatic nitrogens is 6. The van der Waals surface area contributed by atoms with E-state index < -0.39 is 0 Å². The zero-order valence-corrected chi connectivity index (χ0v) is 12.5. The van der Waals surface area contributed by atoms with Crippen LogP contribution in [0.15, 0.2) is 4.47 Å². The van der Waals surface area contributed by atoms with Crippen LogP contribution < -0.4 is 0 Å². The molecule has 0 aliphatic heterocycles. The summed E-state index contributed by atoms with van der Waals surface area (Å²) in [5.74, 6) is 0.849. The highest BCUT2D eigenvalue weighted by Gasteiger charge is 2.12. The van der Waals surface area contributed by atoms with Crippen molar-refractivity contribution in [3.05, 3.63) is 21.7 Å².